The molecule has 0 atom stereocenters. The highest BCUT2D eigenvalue weighted by Crippen LogP contribution is 2.34. The van der Waals surface area contributed by atoms with Crippen LogP contribution in [0.25, 0.3) is 23.1 Å². The zero-order valence-corrected chi connectivity index (χ0v) is 18.2. The summed E-state index contributed by atoms with van der Waals surface area (Å²) >= 11 is 6.53. The molecule has 6 nitrogen and oxygen atoms in total. The van der Waals surface area contributed by atoms with Crippen molar-refractivity contribution >= 4 is 46.3 Å². The summed E-state index contributed by atoms with van der Waals surface area (Å²) in [5.41, 5.74) is 2.00. The first-order valence-corrected chi connectivity index (χ1v) is 11.0. The molecule has 1 aliphatic rings. The van der Waals surface area contributed by atoms with Crippen LogP contribution in [0.3, 0.4) is 0 Å². The van der Waals surface area contributed by atoms with Crippen molar-refractivity contribution in [3.8, 4) is 17.0 Å². The number of unbranched alkanes of at least 4 members (excludes halogenated alkanes) is 1. The minimum atomic E-state index is -1.08. The fourth-order valence-corrected chi connectivity index (χ4v) is 4.54. The number of hydrogen-bond acceptors (Lipinski definition) is 6. The first-order valence-electron chi connectivity index (χ1n) is 9.80. The third-order valence-corrected chi connectivity index (χ3v) is 6.22. The molecule has 2 aromatic heterocycles. The molecule has 0 saturated carbocycles. The second-order valence-electron chi connectivity index (χ2n) is 7.00. The van der Waals surface area contributed by atoms with Crippen LogP contribution in [0.2, 0.25) is 0 Å². The molecule has 0 spiro atoms. The fraction of sp³-hybridized carbons (Fsp3) is 0.174. The zero-order chi connectivity index (χ0) is 21.8. The van der Waals surface area contributed by atoms with Gasteiger partial charge in [-0.2, -0.15) is 0 Å². The molecule has 0 aliphatic carbocycles. The summed E-state index contributed by atoms with van der Waals surface area (Å²) in [5.74, 6) is 0.0146. The van der Waals surface area contributed by atoms with Crippen molar-refractivity contribution in [2.45, 2.75) is 19.3 Å². The SMILES string of the molecule is O=C([O-])CCCCN1C(=O)/C(=C/c2ccc(-c3ccc(-n4cccc4)cc3)o2)SC1=S. The Morgan fingerprint density at radius 1 is 1.10 bits per heavy atom. The van der Waals surface area contributed by atoms with Crippen LogP contribution in [0.4, 0.5) is 0 Å². The highest BCUT2D eigenvalue weighted by atomic mass is 32.2. The van der Waals surface area contributed by atoms with Gasteiger partial charge < -0.3 is 18.9 Å². The Morgan fingerprint density at radius 2 is 1.84 bits per heavy atom. The van der Waals surface area contributed by atoms with Gasteiger partial charge in [-0.3, -0.25) is 9.69 Å². The molecule has 31 heavy (non-hydrogen) atoms. The van der Waals surface area contributed by atoms with E-state index in [0.29, 0.717) is 40.1 Å². The summed E-state index contributed by atoms with van der Waals surface area (Å²) < 4.78 is 8.42. The second-order valence-corrected chi connectivity index (χ2v) is 8.68. The molecule has 0 unspecified atom stereocenters. The Bertz CT molecular complexity index is 1130. The number of benzene rings is 1. The summed E-state index contributed by atoms with van der Waals surface area (Å²) in [6.07, 6.45) is 6.64. The van der Waals surface area contributed by atoms with E-state index in [1.807, 2.05) is 65.5 Å². The van der Waals surface area contributed by atoms with Crippen LogP contribution < -0.4 is 5.11 Å². The Balaban J connectivity index is 1.42. The molecule has 1 saturated heterocycles. The third-order valence-electron chi connectivity index (χ3n) is 4.84. The van der Waals surface area contributed by atoms with E-state index in [9.17, 15) is 14.7 Å². The van der Waals surface area contributed by atoms with Gasteiger partial charge in [-0.1, -0.05) is 24.0 Å². The number of amides is 1. The highest BCUT2D eigenvalue weighted by molar-refractivity contribution is 8.26. The van der Waals surface area contributed by atoms with E-state index in [1.165, 1.54) is 16.7 Å². The summed E-state index contributed by atoms with van der Waals surface area (Å²) in [7, 11) is 0. The Morgan fingerprint density at radius 3 is 2.55 bits per heavy atom. The van der Waals surface area contributed by atoms with E-state index in [2.05, 4.69) is 0 Å². The summed E-state index contributed by atoms with van der Waals surface area (Å²) in [5, 5.41) is 10.5. The molecule has 1 aliphatic heterocycles. The van der Waals surface area contributed by atoms with Gasteiger partial charge in [0, 0.05) is 42.2 Å². The third kappa shape index (κ3) is 4.98. The Labute approximate surface area is 189 Å². The molecule has 4 rings (SSSR count). The van der Waals surface area contributed by atoms with Gasteiger partial charge in [0.15, 0.2) is 0 Å². The minimum Gasteiger partial charge on any atom is -0.550 e. The summed E-state index contributed by atoms with van der Waals surface area (Å²) in [6, 6.07) is 15.7. The summed E-state index contributed by atoms with van der Waals surface area (Å²) in [6.45, 7) is 0.395. The Hall–Kier alpha value is -3.10. The number of carboxylic acid groups (broad SMARTS) is 1. The number of aliphatic carboxylic acids is 1. The fourth-order valence-electron chi connectivity index (χ4n) is 3.25. The topological polar surface area (TPSA) is 78.5 Å². The number of aromatic nitrogens is 1. The van der Waals surface area contributed by atoms with E-state index < -0.39 is 5.97 Å². The van der Waals surface area contributed by atoms with Crippen molar-refractivity contribution in [1.82, 2.24) is 9.47 Å². The lowest BCUT2D eigenvalue weighted by molar-refractivity contribution is -0.305. The van der Waals surface area contributed by atoms with Crippen LogP contribution in [-0.4, -0.2) is 32.2 Å². The predicted molar refractivity (Wildman–Crippen MR) is 122 cm³/mol. The maximum atomic E-state index is 12.7. The van der Waals surface area contributed by atoms with Gasteiger partial charge in [0.05, 0.1) is 4.91 Å². The van der Waals surface area contributed by atoms with Crippen LogP contribution in [0.1, 0.15) is 25.0 Å². The molecule has 3 heterocycles. The lowest BCUT2D eigenvalue weighted by Gasteiger charge is -2.14. The normalized spacial score (nSPS) is 15.2. The van der Waals surface area contributed by atoms with Crippen molar-refractivity contribution in [3.05, 3.63) is 71.6 Å². The quantitative estimate of drug-likeness (QED) is 0.294. The molecular weight excluding hydrogens is 432 g/mol. The molecule has 3 aromatic rings. The van der Waals surface area contributed by atoms with Gasteiger partial charge in [0.1, 0.15) is 15.8 Å². The van der Waals surface area contributed by atoms with Gasteiger partial charge in [-0.05, 0) is 67.8 Å². The molecule has 1 amide bonds. The first-order chi connectivity index (χ1) is 15.0. The van der Waals surface area contributed by atoms with Crippen molar-refractivity contribution in [2.24, 2.45) is 0 Å². The monoisotopic (exact) mass is 451 g/mol. The van der Waals surface area contributed by atoms with Gasteiger partial charge in [0.25, 0.3) is 5.91 Å². The number of nitrogens with zero attached hydrogens (tertiary/aromatic N) is 2. The van der Waals surface area contributed by atoms with E-state index in [-0.39, 0.29) is 12.3 Å². The number of carbonyl (C=O) groups is 2. The predicted octanol–water partition coefficient (Wildman–Crippen LogP) is 3.86. The molecule has 0 bridgehead atoms. The molecule has 1 fully saturated rings. The van der Waals surface area contributed by atoms with Gasteiger partial charge >= 0.3 is 0 Å². The van der Waals surface area contributed by atoms with Crippen molar-refractivity contribution in [2.75, 3.05) is 6.54 Å². The van der Waals surface area contributed by atoms with Gasteiger partial charge in [-0.15, -0.1) is 0 Å². The van der Waals surface area contributed by atoms with Gasteiger partial charge in [-0.25, -0.2) is 0 Å². The minimum absolute atomic E-state index is 0.0216. The summed E-state index contributed by atoms with van der Waals surface area (Å²) in [4.78, 5) is 25.2. The average molecular weight is 452 g/mol. The van der Waals surface area contributed by atoms with Crippen molar-refractivity contribution < 1.29 is 19.1 Å². The molecular formula is C23H19N2O4S2-. The number of furan rings is 1. The zero-order valence-electron chi connectivity index (χ0n) is 16.5. The lowest BCUT2D eigenvalue weighted by atomic mass is 10.1. The number of carbonyl (C=O) groups excluding carboxylic acids is 2. The largest absolute Gasteiger partial charge is 0.550 e. The molecule has 1 aromatic carbocycles. The molecule has 0 radical (unpaired) electrons. The van der Waals surface area contributed by atoms with Crippen LogP contribution in [-0.2, 0) is 9.59 Å². The van der Waals surface area contributed by atoms with E-state index >= 15 is 0 Å². The molecule has 8 heteroatoms. The van der Waals surface area contributed by atoms with Crippen molar-refractivity contribution in [3.63, 3.8) is 0 Å². The van der Waals surface area contributed by atoms with E-state index in [4.69, 9.17) is 16.6 Å². The van der Waals surface area contributed by atoms with E-state index in [1.54, 1.807) is 6.08 Å². The average Bonchev–Trinajstić information content (AvgIpc) is 3.49. The highest BCUT2D eigenvalue weighted by Gasteiger charge is 2.31. The molecule has 0 N–H and O–H groups in total. The van der Waals surface area contributed by atoms with Crippen molar-refractivity contribution in [1.29, 1.82) is 0 Å². The first kappa shape index (κ1) is 21.1. The number of hydrogen-bond donors (Lipinski definition) is 0. The maximum absolute atomic E-state index is 12.7. The van der Waals surface area contributed by atoms with Crippen LogP contribution in [0.5, 0.6) is 0 Å². The Kier molecular flexibility index (Phi) is 6.39. The maximum Gasteiger partial charge on any atom is 0.266 e. The number of rotatable bonds is 8. The number of thioether (sulfide) groups is 1. The molecule has 158 valence electrons. The number of thiocarbonyl (C=S) groups is 1. The van der Waals surface area contributed by atoms with Crippen LogP contribution >= 0.6 is 24.0 Å². The van der Waals surface area contributed by atoms with Crippen LogP contribution in [0.15, 0.2) is 70.2 Å². The second kappa shape index (κ2) is 9.36. The number of carboxylic acids is 1. The smallest absolute Gasteiger partial charge is 0.266 e. The van der Waals surface area contributed by atoms with Crippen LogP contribution in [0, 0.1) is 0 Å². The van der Waals surface area contributed by atoms with E-state index in [0.717, 1.165) is 11.3 Å². The van der Waals surface area contributed by atoms with Gasteiger partial charge in [0.2, 0.25) is 0 Å². The standard InChI is InChI=1S/C23H20N2O4S2/c26-21(27)5-1-2-14-25-22(28)20(31-23(25)30)15-18-10-11-19(29-18)16-6-8-17(9-7-16)24-12-3-4-13-24/h3-4,6-13,15H,1-2,5,14H2,(H,26,27)/p-1/b20-15-. The lowest BCUT2D eigenvalue weighted by Crippen LogP contribution is -2.29.